The first-order chi connectivity index (χ1) is 7.58. The summed E-state index contributed by atoms with van der Waals surface area (Å²) in [5, 5.41) is 4.24. The Morgan fingerprint density at radius 1 is 1.38 bits per heavy atom. The molecular weight excluding hydrogens is 204 g/mol. The van der Waals surface area contributed by atoms with E-state index < -0.39 is 0 Å². The molecule has 84 valence electrons. The van der Waals surface area contributed by atoms with Crippen LogP contribution in [0.1, 0.15) is 11.3 Å². The van der Waals surface area contributed by atoms with Crippen molar-refractivity contribution in [2.75, 3.05) is 5.73 Å². The number of pyridine rings is 1. The molecule has 2 heterocycles. The lowest BCUT2D eigenvalue weighted by atomic mass is 10.2. The van der Waals surface area contributed by atoms with Crippen molar-refractivity contribution in [3.8, 4) is 0 Å². The lowest BCUT2D eigenvalue weighted by Gasteiger charge is -2.05. The van der Waals surface area contributed by atoms with E-state index in [9.17, 15) is 4.79 Å². The number of hydrogen-bond acceptors (Lipinski definition) is 3. The first kappa shape index (κ1) is 10.5. The minimum absolute atomic E-state index is 0.00660. The number of aromatic nitrogens is 3. The molecule has 0 fully saturated rings. The molecule has 2 N–H and O–H groups in total. The molecule has 0 amide bonds. The standard InChI is InChI=1S/C11H14N4O/c1-8-10(11(12)14(2)13-8)7-15-5-3-9(16)4-6-15/h3-6H,7,12H2,1-2H3. The van der Waals surface area contributed by atoms with Gasteiger partial charge in [0.1, 0.15) is 5.82 Å². The number of nitrogens with zero attached hydrogens (tertiary/aromatic N) is 3. The van der Waals surface area contributed by atoms with Crippen LogP contribution in [0.3, 0.4) is 0 Å². The van der Waals surface area contributed by atoms with Gasteiger partial charge in [0.05, 0.1) is 12.2 Å². The third kappa shape index (κ3) is 1.84. The van der Waals surface area contributed by atoms with Crippen molar-refractivity contribution in [3.05, 3.63) is 46.0 Å². The normalized spacial score (nSPS) is 10.6. The lowest BCUT2D eigenvalue weighted by molar-refractivity contribution is 0.767. The quantitative estimate of drug-likeness (QED) is 0.799. The molecule has 0 aliphatic carbocycles. The van der Waals surface area contributed by atoms with Gasteiger partial charge in [0.2, 0.25) is 0 Å². The van der Waals surface area contributed by atoms with Crippen molar-refractivity contribution in [1.29, 1.82) is 0 Å². The molecule has 2 aromatic heterocycles. The molecule has 0 spiro atoms. The van der Waals surface area contributed by atoms with E-state index in [1.54, 1.807) is 17.1 Å². The van der Waals surface area contributed by atoms with Gasteiger partial charge in [-0.2, -0.15) is 5.10 Å². The number of aryl methyl sites for hydroxylation is 2. The van der Waals surface area contributed by atoms with E-state index in [0.717, 1.165) is 11.3 Å². The number of nitrogens with two attached hydrogens (primary N) is 1. The van der Waals surface area contributed by atoms with Crippen LogP contribution < -0.4 is 11.2 Å². The zero-order chi connectivity index (χ0) is 11.7. The van der Waals surface area contributed by atoms with Gasteiger partial charge in [0.25, 0.3) is 0 Å². The minimum atomic E-state index is 0.00660. The Hall–Kier alpha value is -2.04. The fourth-order valence-electron chi connectivity index (χ4n) is 1.65. The van der Waals surface area contributed by atoms with Crippen LogP contribution in [0, 0.1) is 6.92 Å². The van der Waals surface area contributed by atoms with Gasteiger partial charge in [-0.25, -0.2) is 0 Å². The number of nitrogen functional groups attached to an aromatic ring is 1. The van der Waals surface area contributed by atoms with Gasteiger partial charge in [0.15, 0.2) is 5.43 Å². The summed E-state index contributed by atoms with van der Waals surface area (Å²) in [7, 11) is 1.82. The van der Waals surface area contributed by atoms with Crippen molar-refractivity contribution in [3.63, 3.8) is 0 Å². The summed E-state index contributed by atoms with van der Waals surface area (Å²) in [5.74, 6) is 0.663. The van der Waals surface area contributed by atoms with Crippen molar-refractivity contribution < 1.29 is 0 Å². The van der Waals surface area contributed by atoms with E-state index in [1.807, 2.05) is 18.5 Å². The Bertz CT molecular complexity index is 547. The monoisotopic (exact) mass is 218 g/mol. The zero-order valence-electron chi connectivity index (χ0n) is 9.34. The Kier molecular flexibility index (Phi) is 2.52. The van der Waals surface area contributed by atoms with E-state index >= 15 is 0 Å². The summed E-state index contributed by atoms with van der Waals surface area (Å²) in [5.41, 5.74) is 7.82. The average molecular weight is 218 g/mol. The fraction of sp³-hybridized carbons (Fsp3) is 0.273. The number of hydrogen-bond donors (Lipinski definition) is 1. The molecular formula is C11H14N4O. The molecule has 0 bridgehead atoms. The van der Waals surface area contributed by atoms with Gasteiger partial charge in [-0.15, -0.1) is 0 Å². The molecule has 0 radical (unpaired) electrons. The Labute approximate surface area is 93.1 Å². The van der Waals surface area contributed by atoms with Gasteiger partial charge in [-0.05, 0) is 6.92 Å². The highest BCUT2D eigenvalue weighted by Gasteiger charge is 2.09. The largest absolute Gasteiger partial charge is 0.384 e. The predicted octanol–water partition coefficient (Wildman–Crippen LogP) is 0.521. The van der Waals surface area contributed by atoms with Gasteiger partial charge in [-0.3, -0.25) is 9.48 Å². The number of anilines is 1. The summed E-state index contributed by atoms with van der Waals surface area (Å²) in [6.07, 6.45) is 3.49. The van der Waals surface area contributed by atoms with E-state index in [4.69, 9.17) is 5.73 Å². The maximum atomic E-state index is 11.0. The van der Waals surface area contributed by atoms with Crippen LogP contribution in [0.25, 0.3) is 0 Å². The molecule has 0 atom stereocenters. The molecule has 5 heteroatoms. The van der Waals surface area contributed by atoms with E-state index in [0.29, 0.717) is 12.4 Å². The Morgan fingerprint density at radius 2 is 2.00 bits per heavy atom. The SMILES string of the molecule is Cc1nn(C)c(N)c1Cn1ccc(=O)cc1. The van der Waals surface area contributed by atoms with Gasteiger partial charge >= 0.3 is 0 Å². The van der Waals surface area contributed by atoms with E-state index in [1.165, 1.54) is 12.1 Å². The second-order valence-corrected chi connectivity index (χ2v) is 3.78. The summed E-state index contributed by atoms with van der Waals surface area (Å²) in [6, 6.07) is 3.06. The third-order valence-electron chi connectivity index (χ3n) is 2.60. The van der Waals surface area contributed by atoms with Crippen LogP contribution >= 0.6 is 0 Å². The van der Waals surface area contributed by atoms with Gasteiger partial charge in [0, 0.05) is 37.1 Å². The highest BCUT2D eigenvalue weighted by Crippen LogP contribution is 2.15. The van der Waals surface area contributed by atoms with Crippen molar-refractivity contribution in [1.82, 2.24) is 14.3 Å². The second kappa shape index (κ2) is 3.84. The molecule has 0 saturated heterocycles. The van der Waals surface area contributed by atoms with E-state index in [-0.39, 0.29) is 5.43 Å². The van der Waals surface area contributed by atoms with Crippen molar-refractivity contribution in [2.24, 2.45) is 7.05 Å². The van der Waals surface area contributed by atoms with E-state index in [2.05, 4.69) is 5.10 Å². The van der Waals surface area contributed by atoms with Crippen LogP contribution in [0.15, 0.2) is 29.3 Å². The third-order valence-corrected chi connectivity index (χ3v) is 2.60. The molecule has 5 nitrogen and oxygen atoms in total. The number of rotatable bonds is 2. The first-order valence-corrected chi connectivity index (χ1v) is 5.02. The minimum Gasteiger partial charge on any atom is -0.384 e. The van der Waals surface area contributed by atoms with Crippen LogP contribution in [0.2, 0.25) is 0 Å². The Balaban J connectivity index is 2.33. The zero-order valence-corrected chi connectivity index (χ0v) is 9.34. The lowest BCUT2D eigenvalue weighted by Crippen LogP contribution is -2.07. The van der Waals surface area contributed by atoms with Gasteiger partial charge < -0.3 is 10.3 Å². The van der Waals surface area contributed by atoms with Crippen molar-refractivity contribution in [2.45, 2.75) is 13.5 Å². The summed E-state index contributed by atoms with van der Waals surface area (Å²) in [6.45, 7) is 2.56. The van der Waals surface area contributed by atoms with Crippen LogP contribution in [0.4, 0.5) is 5.82 Å². The smallest absolute Gasteiger partial charge is 0.181 e. The molecule has 0 aliphatic heterocycles. The second-order valence-electron chi connectivity index (χ2n) is 3.78. The predicted molar refractivity (Wildman–Crippen MR) is 62.2 cm³/mol. The molecule has 2 aromatic rings. The first-order valence-electron chi connectivity index (χ1n) is 5.02. The van der Waals surface area contributed by atoms with Crippen LogP contribution in [0.5, 0.6) is 0 Å². The maximum Gasteiger partial charge on any atom is 0.181 e. The van der Waals surface area contributed by atoms with Gasteiger partial charge in [-0.1, -0.05) is 0 Å². The molecule has 0 aromatic carbocycles. The average Bonchev–Trinajstić information content (AvgIpc) is 2.48. The summed E-state index contributed by atoms with van der Waals surface area (Å²) in [4.78, 5) is 11.0. The van der Waals surface area contributed by atoms with Crippen LogP contribution in [-0.2, 0) is 13.6 Å². The van der Waals surface area contributed by atoms with Crippen LogP contribution in [-0.4, -0.2) is 14.3 Å². The molecule has 2 rings (SSSR count). The summed E-state index contributed by atoms with van der Waals surface area (Å²) >= 11 is 0. The highest BCUT2D eigenvalue weighted by atomic mass is 16.1. The molecule has 0 unspecified atom stereocenters. The van der Waals surface area contributed by atoms with Crippen molar-refractivity contribution >= 4 is 5.82 Å². The molecule has 0 aliphatic rings. The molecule has 0 saturated carbocycles. The Morgan fingerprint density at radius 3 is 2.50 bits per heavy atom. The topological polar surface area (TPSA) is 65.8 Å². The maximum absolute atomic E-state index is 11.0. The summed E-state index contributed by atoms with van der Waals surface area (Å²) < 4.78 is 3.56. The highest BCUT2D eigenvalue weighted by molar-refractivity contribution is 5.43. The fourth-order valence-corrected chi connectivity index (χ4v) is 1.65. The molecule has 16 heavy (non-hydrogen) atoms.